The minimum absolute atomic E-state index is 0.00913. The Hall–Kier alpha value is -2.23. The number of nitrogens with one attached hydrogen (secondary N) is 1. The zero-order chi connectivity index (χ0) is 20.4. The fourth-order valence-corrected chi connectivity index (χ4v) is 4.27. The average Bonchev–Trinajstić information content (AvgIpc) is 2.59. The molecule has 2 atom stereocenters. The Labute approximate surface area is 166 Å². The van der Waals surface area contributed by atoms with Crippen LogP contribution < -0.4 is 10.7 Å². The van der Waals surface area contributed by atoms with Gasteiger partial charge in [-0.2, -0.15) is 0 Å². The van der Waals surface area contributed by atoms with E-state index in [-0.39, 0.29) is 28.4 Å². The molecule has 0 saturated carbocycles. The SMILES string of the molecule is CC(=O)NCCSc1cc(=O)c2c(O)cc(O)c([C@H]3CCN(C)C[C@H]3O)c2o1. The zero-order valence-electron chi connectivity index (χ0n) is 15.8. The van der Waals surface area contributed by atoms with Crippen LogP contribution in [0.2, 0.25) is 0 Å². The maximum atomic E-state index is 12.6. The van der Waals surface area contributed by atoms with Crippen LogP contribution in [0.1, 0.15) is 24.8 Å². The van der Waals surface area contributed by atoms with E-state index >= 15 is 0 Å². The van der Waals surface area contributed by atoms with E-state index in [2.05, 4.69) is 5.32 Å². The number of rotatable bonds is 5. The van der Waals surface area contributed by atoms with Gasteiger partial charge in [-0.15, -0.1) is 0 Å². The van der Waals surface area contributed by atoms with Gasteiger partial charge in [0, 0.05) is 49.4 Å². The smallest absolute Gasteiger partial charge is 0.216 e. The number of thioether (sulfide) groups is 1. The van der Waals surface area contributed by atoms with Crippen LogP contribution >= 0.6 is 11.8 Å². The minimum Gasteiger partial charge on any atom is -0.507 e. The molecule has 9 heteroatoms. The van der Waals surface area contributed by atoms with Gasteiger partial charge in [0.15, 0.2) is 10.5 Å². The summed E-state index contributed by atoms with van der Waals surface area (Å²) in [6.45, 7) is 2.99. The van der Waals surface area contributed by atoms with Gasteiger partial charge >= 0.3 is 0 Å². The number of aliphatic hydroxyl groups is 1. The molecular weight excluding hydrogens is 384 g/mol. The maximum Gasteiger partial charge on any atom is 0.216 e. The molecule has 2 heterocycles. The highest BCUT2D eigenvalue weighted by Gasteiger charge is 2.32. The molecule has 3 rings (SSSR count). The van der Waals surface area contributed by atoms with Crippen molar-refractivity contribution < 1.29 is 24.5 Å². The van der Waals surface area contributed by atoms with Gasteiger partial charge in [0.2, 0.25) is 5.91 Å². The van der Waals surface area contributed by atoms with E-state index in [4.69, 9.17) is 4.42 Å². The summed E-state index contributed by atoms with van der Waals surface area (Å²) in [4.78, 5) is 25.5. The monoisotopic (exact) mass is 408 g/mol. The van der Waals surface area contributed by atoms with Gasteiger partial charge in [0.25, 0.3) is 0 Å². The maximum absolute atomic E-state index is 12.6. The van der Waals surface area contributed by atoms with Gasteiger partial charge < -0.3 is 30.0 Å². The van der Waals surface area contributed by atoms with E-state index in [1.54, 1.807) is 0 Å². The van der Waals surface area contributed by atoms with Crippen LogP contribution in [0.25, 0.3) is 11.0 Å². The number of phenols is 2. The van der Waals surface area contributed by atoms with Crippen LogP contribution in [0, 0.1) is 0 Å². The van der Waals surface area contributed by atoms with E-state index in [0.29, 0.717) is 35.9 Å². The van der Waals surface area contributed by atoms with Gasteiger partial charge in [-0.3, -0.25) is 9.59 Å². The Bertz CT molecular complexity index is 944. The van der Waals surface area contributed by atoms with Crippen LogP contribution in [0.4, 0.5) is 0 Å². The second-order valence-corrected chi connectivity index (χ2v) is 8.12. The number of aliphatic hydroxyl groups excluding tert-OH is 1. The standard InChI is InChI=1S/C19H24N2O6S/c1-10(22)20-4-6-28-16-8-14(25)18-13(24)7-12(23)17(19(18)27-16)11-3-5-21(2)9-15(11)26/h7-8,11,15,23-24,26H,3-6,9H2,1-2H3,(H,20,22)/t11-,15+/m0/s1. The first kappa shape index (κ1) is 20.5. The fourth-order valence-electron chi connectivity index (χ4n) is 3.53. The summed E-state index contributed by atoms with van der Waals surface area (Å²) in [5.41, 5.74) is 0.0138. The topological polar surface area (TPSA) is 123 Å². The normalized spacial score (nSPS) is 20.4. The summed E-state index contributed by atoms with van der Waals surface area (Å²) in [6, 6.07) is 2.41. The number of likely N-dealkylation sites (tertiary alicyclic amines) is 1. The molecule has 0 spiro atoms. The molecular formula is C19H24N2O6S. The van der Waals surface area contributed by atoms with Gasteiger partial charge in [-0.25, -0.2) is 0 Å². The first-order valence-corrected chi connectivity index (χ1v) is 10.0. The zero-order valence-corrected chi connectivity index (χ0v) is 16.6. The van der Waals surface area contributed by atoms with Crippen molar-refractivity contribution in [3.63, 3.8) is 0 Å². The molecule has 1 aliphatic rings. The number of β-amino-alcohol motifs (C(OH)–C–C–N with tert-alkyl or cyclic N) is 1. The summed E-state index contributed by atoms with van der Waals surface area (Å²) in [5, 5.41) is 34.2. The molecule has 28 heavy (non-hydrogen) atoms. The molecule has 2 aromatic rings. The molecule has 1 saturated heterocycles. The highest BCUT2D eigenvalue weighted by molar-refractivity contribution is 7.99. The molecule has 8 nitrogen and oxygen atoms in total. The van der Waals surface area contributed by atoms with Gasteiger partial charge in [-0.1, -0.05) is 11.8 Å². The summed E-state index contributed by atoms with van der Waals surface area (Å²) < 4.78 is 5.88. The van der Waals surface area contributed by atoms with Crippen LogP contribution in [-0.4, -0.2) is 64.7 Å². The van der Waals surface area contributed by atoms with E-state index < -0.39 is 17.5 Å². The number of hydrogen-bond donors (Lipinski definition) is 4. The van der Waals surface area contributed by atoms with Crippen molar-refractivity contribution in [1.29, 1.82) is 0 Å². The molecule has 0 aliphatic carbocycles. The third-order valence-corrected chi connectivity index (χ3v) is 5.75. The quantitative estimate of drug-likeness (QED) is 0.430. The number of aromatic hydroxyl groups is 2. The number of hydrogen-bond acceptors (Lipinski definition) is 8. The molecule has 1 fully saturated rings. The molecule has 0 unspecified atom stereocenters. The number of piperidine rings is 1. The van der Waals surface area contributed by atoms with Gasteiger partial charge in [0.05, 0.1) is 6.10 Å². The van der Waals surface area contributed by atoms with E-state index in [9.17, 15) is 24.9 Å². The lowest BCUT2D eigenvalue weighted by molar-refractivity contribution is -0.118. The molecule has 1 aromatic carbocycles. The van der Waals surface area contributed by atoms with Crippen LogP contribution in [0.3, 0.4) is 0 Å². The highest BCUT2D eigenvalue weighted by Crippen LogP contribution is 2.42. The molecule has 0 radical (unpaired) electrons. The number of benzene rings is 1. The summed E-state index contributed by atoms with van der Waals surface area (Å²) in [6.07, 6.45) is -0.159. The van der Waals surface area contributed by atoms with Crippen LogP contribution in [0.5, 0.6) is 11.5 Å². The second-order valence-electron chi connectivity index (χ2n) is 7.02. The van der Waals surface area contributed by atoms with E-state index in [1.807, 2.05) is 11.9 Å². The lowest BCUT2D eigenvalue weighted by atomic mass is 9.85. The predicted molar refractivity (Wildman–Crippen MR) is 106 cm³/mol. The van der Waals surface area contributed by atoms with Crippen molar-refractivity contribution in [1.82, 2.24) is 10.2 Å². The molecule has 0 bridgehead atoms. The first-order chi connectivity index (χ1) is 13.3. The molecule has 1 aromatic heterocycles. The van der Waals surface area contributed by atoms with Crippen molar-refractivity contribution in [2.24, 2.45) is 0 Å². The molecule has 152 valence electrons. The minimum atomic E-state index is -0.737. The van der Waals surface area contributed by atoms with Gasteiger partial charge in [0.1, 0.15) is 22.5 Å². The van der Waals surface area contributed by atoms with Gasteiger partial charge in [-0.05, 0) is 20.0 Å². The third-order valence-electron chi connectivity index (χ3n) is 4.85. The van der Waals surface area contributed by atoms with Crippen molar-refractivity contribution in [3.05, 3.63) is 27.9 Å². The number of nitrogens with zero attached hydrogens (tertiary/aromatic N) is 1. The average molecular weight is 408 g/mol. The number of amides is 1. The number of fused-ring (bicyclic) bond motifs is 1. The lowest BCUT2D eigenvalue weighted by Crippen LogP contribution is -2.40. The van der Waals surface area contributed by atoms with Crippen molar-refractivity contribution in [2.45, 2.75) is 30.5 Å². The highest BCUT2D eigenvalue weighted by atomic mass is 32.2. The fraction of sp³-hybridized carbons (Fsp3) is 0.474. The number of likely N-dealkylation sites (N-methyl/N-ethyl adjacent to an activating group) is 1. The summed E-state index contributed by atoms with van der Waals surface area (Å²) >= 11 is 1.24. The molecule has 4 N–H and O–H groups in total. The molecule has 1 aliphatic heterocycles. The summed E-state index contributed by atoms with van der Waals surface area (Å²) in [7, 11) is 1.90. The van der Waals surface area contributed by atoms with Crippen LogP contribution in [0.15, 0.2) is 26.4 Å². The van der Waals surface area contributed by atoms with Crippen molar-refractivity contribution in [3.8, 4) is 11.5 Å². The lowest BCUT2D eigenvalue weighted by Gasteiger charge is -2.34. The largest absolute Gasteiger partial charge is 0.507 e. The summed E-state index contributed by atoms with van der Waals surface area (Å²) in [5.74, 6) is -0.634. The Morgan fingerprint density at radius 3 is 2.79 bits per heavy atom. The third kappa shape index (κ3) is 4.26. The Morgan fingerprint density at radius 1 is 1.36 bits per heavy atom. The number of phenolic OH excluding ortho intramolecular Hbond substituents is 2. The first-order valence-electron chi connectivity index (χ1n) is 9.04. The van der Waals surface area contributed by atoms with Crippen molar-refractivity contribution in [2.75, 3.05) is 32.4 Å². The Balaban J connectivity index is 2.02. The number of carbonyl (C=O) groups excluding carboxylic acids is 1. The Morgan fingerprint density at radius 2 is 2.11 bits per heavy atom. The van der Waals surface area contributed by atoms with Crippen molar-refractivity contribution >= 4 is 28.6 Å². The predicted octanol–water partition coefficient (Wildman–Crippen LogP) is 1.21. The van der Waals surface area contributed by atoms with Crippen LogP contribution in [-0.2, 0) is 4.79 Å². The Kier molecular flexibility index (Phi) is 6.17. The molecule has 1 amide bonds. The number of carbonyl (C=O) groups is 1. The van der Waals surface area contributed by atoms with E-state index in [1.165, 1.54) is 24.8 Å². The second kappa shape index (κ2) is 8.42. The van der Waals surface area contributed by atoms with E-state index in [0.717, 1.165) is 12.6 Å².